The Kier molecular flexibility index (Phi) is 4.78. The zero-order valence-electron chi connectivity index (χ0n) is 11.9. The van der Waals surface area contributed by atoms with Gasteiger partial charge in [-0.05, 0) is 42.5 Å². The van der Waals surface area contributed by atoms with Crippen LogP contribution < -0.4 is 5.32 Å². The van der Waals surface area contributed by atoms with Gasteiger partial charge in [-0.3, -0.25) is 0 Å². The number of phenolic OH excluding ortho intramolecular Hbond substituents is 1. The lowest BCUT2D eigenvalue weighted by Gasteiger charge is -2.26. The van der Waals surface area contributed by atoms with Crippen molar-refractivity contribution in [2.24, 2.45) is 5.92 Å². The van der Waals surface area contributed by atoms with Crippen LogP contribution in [0.4, 0.5) is 4.39 Å². The molecule has 2 rings (SSSR count). The third kappa shape index (κ3) is 3.38. The second-order valence-electron chi connectivity index (χ2n) is 5.33. The summed E-state index contributed by atoms with van der Waals surface area (Å²) in [6.07, 6.45) is 0. The average Bonchev–Trinajstić information content (AvgIpc) is 2.91. The van der Waals surface area contributed by atoms with Gasteiger partial charge >= 0.3 is 0 Å². The summed E-state index contributed by atoms with van der Waals surface area (Å²) in [6.45, 7) is 6.24. The quantitative estimate of drug-likeness (QED) is 0.841. The highest BCUT2D eigenvalue weighted by Gasteiger charge is 2.21. The summed E-state index contributed by atoms with van der Waals surface area (Å²) < 4.78 is 13.3. The second kappa shape index (κ2) is 6.37. The Morgan fingerprint density at radius 1 is 1.20 bits per heavy atom. The van der Waals surface area contributed by atoms with Gasteiger partial charge in [0.05, 0.1) is 0 Å². The monoisotopic (exact) mass is 293 g/mol. The number of thiophene rings is 1. The topological polar surface area (TPSA) is 32.3 Å². The van der Waals surface area contributed by atoms with Gasteiger partial charge in [0, 0.05) is 22.5 Å². The van der Waals surface area contributed by atoms with Crippen LogP contribution in [0.25, 0.3) is 0 Å². The SMILES string of the molecule is CC(NC(c1cccs1)C(C)C)c1cc(F)ccc1O. The fourth-order valence-corrected chi connectivity index (χ4v) is 3.26. The van der Waals surface area contributed by atoms with Crippen molar-refractivity contribution in [1.82, 2.24) is 5.32 Å². The van der Waals surface area contributed by atoms with Crippen molar-refractivity contribution in [2.75, 3.05) is 0 Å². The molecule has 0 amide bonds. The van der Waals surface area contributed by atoms with Crippen LogP contribution in [-0.2, 0) is 0 Å². The summed E-state index contributed by atoms with van der Waals surface area (Å²) in [5.41, 5.74) is 0.590. The van der Waals surface area contributed by atoms with Crippen LogP contribution in [-0.4, -0.2) is 5.11 Å². The van der Waals surface area contributed by atoms with Crippen molar-refractivity contribution >= 4 is 11.3 Å². The van der Waals surface area contributed by atoms with E-state index in [4.69, 9.17) is 0 Å². The molecule has 0 fully saturated rings. The highest BCUT2D eigenvalue weighted by atomic mass is 32.1. The molecule has 0 spiro atoms. The largest absolute Gasteiger partial charge is 0.508 e. The first-order valence-corrected chi connectivity index (χ1v) is 7.65. The van der Waals surface area contributed by atoms with Crippen molar-refractivity contribution in [3.05, 3.63) is 52.0 Å². The summed E-state index contributed by atoms with van der Waals surface area (Å²) in [4.78, 5) is 1.25. The number of phenols is 1. The highest BCUT2D eigenvalue weighted by molar-refractivity contribution is 7.10. The molecule has 2 N–H and O–H groups in total. The van der Waals surface area contributed by atoms with Crippen molar-refractivity contribution < 1.29 is 9.50 Å². The minimum atomic E-state index is -0.330. The first-order chi connectivity index (χ1) is 9.49. The molecule has 0 saturated carbocycles. The zero-order valence-corrected chi connectivity index (χ0v) is 12.7. The zero-order chi connectivity index (χ0) is 14.7. The van der Waals surface area contributed by atoms with Crippen LogP contribution in [0.15, 0.2) is 35.7 Å². The van der Waals surface area contributed by atoms with E-state index in [9.17, 15) is 9.50 Å². The number of nitrogens with one attached hydrogen (secondary N) is 1. The minimum Gasteiger partial charge on any atom is -0.508 e. The standard InChI is InChI=1S/C16H20FNOS/c1-10(2)16(15-5-4-8-20-15)18-11(3)13-9-12(17)6-7-14(13)19/h4-11,16,18-19H,1-3H3. The van der Waals surface area contributed by atoms with Gasteiger partial charge in [0.2, 0.25) is 0 Å². The minimum absolute atomic E-state index is 0.125. The molecule has 2 nitrogen and oxygen atoms in total. The fourth-order valence-electron chi connectivity index (χ4n) is 2.30. The van der Waals surface area contributed by atoms with Crippen LogP contribution in [0.2, 0.25) is 0 Å². The predicted octanol–water partition coefficient (Wildman–Crippen LogP) is 4.64. The number of halogens is 1. The van der Waals surface area contributed by atoms with E-state index in [0.29, 0.717) is 11.5 Å². The number of hydrogen-bond donors (Lipinski definition) is 2. The molecule has 4 heteroatoms. The van der Waals surface area contributed by atoms with E-state index in [1.807, 2.05) is 13.0 Å². The summed E-state index contributed by atoms with van der Waals surface area (Å²) in [5.74, 6) is 0.204. The lowest BCUT2D eigenvalue weighted by atomic mass is 9.99. The van der Waals surface area contributed by atoms with E-state index in [1.165, 1.54) is 23.1 Å². The first kappa shape index (κ1) is 15.0. The summed E-state index contributed by atoms with van der Waals surface area (Å²) in [6, 6.07) is 8.25. The number of hydrogen-bond acceptors (Lipinski definition) is 3. The maximum Gasteiger partial charge on any atom is 0.123 e. The van der Waals surface area contributed by atoms with Crippen LogP contribution in [0.5, 0.6) is 5.75 Å². The third-order valence-corrected chi connectivity index (χ3v) is 4.36. The van der Waals surface area contributed by atoms with E-state index < -0.39 is 0 Å². The Balaban J connectivity index is 2.20. The predicted molar refractivity (Wildman–Crippen MR) is 81.5 cm³/mol. The molecule has 0 bridgehead atoms. The Morgan fingerprint density at radius 2 is 1.95 bits per heavy atom. The van der Waals surface area contributed by atoms with E-state index in [-0.39, 0.29) is 23.7 Å². The van der Waals surface area contributed by atoms with Crippen molar-refractivity contribution in [3.63, 3.8) is 0 Å². The van der Waals surface area contributed by atoms with Crippen LogP contribution >= 0.6 is 11.3 Å². The first-order valence-electron chi connectivity index (χ1n) is 6.77. The molecule has 0 radical (unpaired) electrons. The van der Waals surface area contributed by atoms with Crippen LogP contribution in [0.3, 0.4) is 0 Å². The van der Waals surface area contributed by atoms with Crippen LogP contribution in [0.1, 0.15) is 43.3 Å². The molecule has 2 unspecified atom stereocenters. The Hall–Kier alpha value is -1.39. The van der Waals surface area contributed by atoms with Gasteiger partial charge in [-0.15, -0.1) is 11.3 Å². The van der Waals surface area contributed by atoms with Gasteiger partial charge in [-0.25, -0.2) is 4.39 Å². The van der Waals surface area contributed by atoms with E-state index in [2.05, 4.69) is 30.6 Å². The van der Waals surface area contributed by atoms with E-state index >= 15 is 0 Å². The summed E-state index contributed by atoms with van der Waals surface area (Å²) >= 11 is 1.70. The smallest absolute Gasteiger partial charge is 0.123 e. The normalized spacial score (nSPS) is 14.4. The number of benzene rings is 1. The van der Waals surface area contributed by atoms with E-state index in [0.717, 1.165) is 0 Å². The maximum atomic E-state index is 13.3. The van der Waals surface area contributed by atoms with E-state index in [1.54, 1.807) is 11.3 Å². The Morgan fingerprint density at radius 3 is 2.55 bits per heavy atom. The molecular formula is C16H20FNOS. The van der Waals surface area contributed by atoms with Gasteiger partial charge < -0.3 is 10.4 Å². The molecule has 0 aliphatic heterocycles. The number of aromatic hydroxyl groups is 1. The van der Waals surface area contributed by atoms with Crippen LogP contribution in [0, 0.1) is 11.7 Å². The number of rotatable bonds is 5. The van der Waals surface area contributed by atoms with Gasteiger partial charge in [0.15, 0.2) is 0 Å². The van der Waals surface area contributed by atoms with Gasteiger partial charge in [-0.1, -0.05) is 19.9 Å². The molecule has 0 saturated heterocycles. The van der Waals surface area contributed by atoms with Gasteiger partial charge in [-0.2, -0.15) is 0 Å². The lowest BCUT2D eigenvalue weighted by Crippen LogP contribution is -2.28. The fraction of sp³-hybridized carbons (Fsp3) is 0.375. The molecule has 20 heavy (non-hydrogen) atoms. The highest BCUT2D eigenvalue weighted by Crippen LogP contribution is 2.31. The molecule has 1 heterocycles. The van der Waals surface area contributed by atoms with Gasteiger partial charge in [0.1, 0.15) is 11.6 Å². The van der Waals surface area contributed by atoms with Crippen molar-refractivity contribution in [2.45, 2.75) is 32.9 Å². The molecule has 108 valence electrons. The summed E-state index contributed by atoms with van der Waals surface area (Å²) in [7, 11) is 0. The third-order valence-electron chi connectivity index (χ3n) is 3.40. The Labute approximate surface area is 123 Å². The Bertz CT molecular complexity index is 554. The second-order valence-corrected chi connectivity index (χ2v) is 6.31. The molecule has 2 aromatic rings. The molecule has 1 aromatic carbocycles. The molecule has 0 aliphatic rings. The van der Waals surface area contributed by atoms with Gasteiger partial charge in [0.25, 0.3) is 0 Å². The molecule has 1 aromatic heterocycles. The molecule has 2 atom stereocenters. The van der Waals surface area contributed by atoms with Crippen molar-refractivity contribution in [3.8, 4) is 5.75 Å². The molecular weight excluding hydrogens is 273 g/mol. The average molecular weight is 293 g/mol. The molecule has 0 aliphatic carbocycles. The maximum absolute atomic E-state index is 13.3. The summed E-state index contributed by atoms with van der Waals surface area (Å²) in [5, 5.41) is 15.4. The lowest BCUT2D eigenvalue weighted by molar-refractivity contribution is 0.369. The van der Waals surface area contributed by atoms with Crippen molar-refractivity contribution in [1.29, 1.82) is 0 Å².